The van der Waals surface area contributed by atoms with Crippen molar-refractivity contribution in [2.24, 2.45) is 0 Å². The van der Waals surface area contributed by atoms with E-state index in [9.17, 15) is 4.39 Å². The summed E-state index contributed by atoms with van der Waals surface area (Å²) in [6.07, 6.45) is 0. The summed E-state index contributed by atoms with van der Waals surface area (Å²) in [6.45, 7) is 4.43. The summed E-state index contributed by atoms with van der Waals surface area (Å²) in [5.74, 6) is 1.41. The van der Waals surface area contributed by atoms with Gasteiger partial charge < -0.3 is 15.4 Å². The van der Waals surface area contributed by atoms with Crippen molar-refractivity contribution < 1.29 is 9.13 Å². The van der Waals surface area contributed by atoms with Crippen LogP contribution in [0.3, 0.4) is 0 Å². The zero-order valence-electron chi connectivity index (χ0n) is 14.1. The van der Waals surface area contributed by atoms with Crippen molar-refractivity contribution in [1.82, 2.24) is 9.97 Å². The second-order valence-corrected chi connectivity index (χ2v) is 5.41. The minimum atomic E-state index is -0.353. The SMILES string of the molecule is CCOc1ccc(Nc2cc(C)nc(Nc3ccccc3F)n2)cc1. The predicted octanol–water partition coefficient (Wildman–Crippen LogP) is 4.81. The number of hydrogen-bond donors (Lipinski definition) is 2. The Labute approximate surface area is 145 Å². The summed E-state index contributed by atoms with van der Waals surface area (Å²) >= 11 is 0. The number of halogens is 1. The number of aromatic nitrogens is 2. The highest BCUT2D eigenvalue weighted by Crippen LogP contribution is 2.22. The zero-order valence-corrected chi connectivity index (χ0v) is 14.1. The number of nitrogens with zero attached hydrogens (tertiary/aromatic N) is 2. The topological polar surface area (TPSA) is 59.1 Å². The van der Waals surface area contributed by atoms with Crippen LogP contribution in [0.2, 0.25) is 0 Å². The maximum atomic E-state index is 13.8. The van der Waals surface area contributed by atoms with E-state index in [4.69, 9.17) is 4.74 Å². The van der Waals surface area contributed by atoms with Gasteiger partial charge in [0.05, 0.1) is 12.3 Å². The third-order valence-corrected chi connectivity index (χ3v) is 3.41. The summed E-state index contributed by atoms with van der Waals surface area (Å²) in [5, 5.41) is 6.12. The molecular weight excluding hydrogens is 319 g/mol. The molecule has 0 saturated heterocycles. The van der Waals surface area contributed by atoms with Crippen LogP contribution < -0.4 is 15.4 Å². The molecule has 0 aliphatic heterocycles. The number of rotatable bonds is 6. The molecule has 0 amide bonds. The molecule has 128 valence electrons. The van der Waals surface area contributed by atoms with E-state index in [2.05, 4.69) is 20.6 Å². The minimum absolute atomic E-state index is 0.332. The fourth-order valence-electron chi connectivity index (χ4n) is 2.32. The van der Waals surface area contributed by atoms with Gasteiger partial charge in [0.1, 0.15) is 17.4 Å². The molecular formula is C19H19FN4O. The van der Waals surface area contributed by atoms with Crippen molar-refractivity contribution in [1.29, 1.82) is 0 Å². The zero-order chi connectivity index (χ0) is 17.6. The highest BCUT2D eigenvalue weighted by atomic mass is 19.1. The molecule has 0 saturated carbocycles. The molecule has 0 atom stereocenters. The Morgan fingerprint density at radius 1 is 1.00 bits per heavy atom. The normalized spacial score (nSPS) is 10.4. The van der Waals surface area contributed by atoms with Crippen LogP contribution in [0.1, 0.15) is 12.6 Å². The smallest absolute Gasteiger partial charge is 0.229 e. The molecule has 0 aliphatic rings. The average molecular weight is 338 g/mol. The van der Waals surface area contributed by atoms with Gasteiger partial charge >= 0.3 is 0 Å². The lowest BCUT2D eigenvalue weighted by atomic mass is 10.3. The fraction of sp³-hybridized carbons (Fsp3) is 0.158. The van der Waals surface area contributed by atoms with Gasteiger partial charge in [-0.25, -0.2) is 9.37 Å². The van der Waals surface area contributed by atoms with Crippen molar-refractivity contribution in [3.8, 4) is 5.75 Å². The number of para-hydroxylation sites is 1. The molecule has 0 unspecified atom stereocenters. The molecule has 3 rings (SSSR count). The molecule has 2 N–H and O–H groups in total. The lowest BCUT2D eigenvalue weighted by Crippen LogP contribution is -2.03. The van der Waals surface area contributed by atoms with Gasteiger partial charge in [0.15, 0.2) is 0 Å². The largest absolute Gasteiger partial charge is 0.494 e. The molecule has 0 aliphatic carbocycles. The summed E-state index contributed by atoms with van der Waals surface area (Å²) in [5.41, 5.74) is 1.97. The molecule has 0 spiro atoms. The molecule has 3 aromatic rings. The number of hydrogen-bond acceptors (Lipinski definition) is 5. The summed E-state index contributed by atoms with van der Waals surface area (Å²) in [7, 11) is 0. The highest BCUT2D eigenvalue weighted by Gasteiger charge is 2.06. The Balaban J connectivity index is 1.78. The van der Waals surface area contributed by atoms with Gasteiger partial charge in [-0.15, -0.1) is 0 Å². The van der Waals surface area contributed by atoms with E-state index in [1.165, 1.54) is 6.07 Å². The van der Waals surface area contributed by atoms with Crippen LogP contribution in [0.15, 0.2) is 54.6 Å². The number of aryl methyl sites for hydroxylation is 1. The lowest BCUT2D eigenvalue weighted by molar-refractivity contribution is 0.340. The molecule has 1 aromatic heterocycles. The van der Waals surface area contributed by atoms with Crippen LogP contribution in [-0.2, 0) is 0 Å². The molecule has 5 nitrogen and oxygen atoms in total. The Morgan fingerprint density at radius 3 is 2.48 bits per heavy atom. The molecule has 0 fully saturated rings. The van der Waals surface area contributed by atoms with Gasteiger partial charge in [-0.1, -0.05) is 12.1 Å². The van der Waals surface area contributed by atoms with Crippen LogP contribution in [0.25, 0.3) is 0 Å². The van der Waals surface area contributed by atoms with E-state index in [0.717, 1.165) is 17.1 Å². The summed E-state index contributed by atoms with van der Waals surface area (Å²) in [4.78, 5) is 8.69. The molecule has 1 heterocycles. The van der Waals surface area contributed by atoms with Crippen LogP contribution in [0.5, 0.6) is 5.75 Å². The average Bonchev–Trinajstić information content (AvgIpc) is 2.58. The van der Waals surface area contributed by atoms with E-state index < -0.39 is 0 Å². The maximum absolute atomic E-state index is 13.8. The fourth-order valence-corrected chi connectivity index (χ4v) is 2.32. The molecule has 6 heteroatoms. The quantitative estimate of drug-likeness (QED) is 0.675. The van der Waals surface area contributed by atoms with Crippen molar-refractivity contribution >= 4 is 23.1 Å². The molecule has 2 aromatic carbocycles. The van der Waals surface area contributed by atoms with Gasteiger partial charge in [-0.05, 0) is 50.2 Å². The minimum Gasteiger partial charge on any atom is -0.494 e. The van der Waals surface area contributed by atoms with Gasteiger partial charge in [-0.2, -0.15) is 4.98 Å². The van der Waals surface area contributed by atoms with E-state index in [-0.39, 0.29) is 5.82 Å². The van der Waals surface area contributed by atoms with E-state index in [0.29, 0.717) is 24.1 Å². The van der Waals surface area contributed by atoms with Gasteiger partial charge in [0.2, 0.25) is 5.95 Å². The van der Waals surface area contributed by atoms with Crippen LogP contribution in [-0.4, -0.2) is 16.6 Å². The second kappa shape index (κ2) is 7.61. The first-order valence-corrected chi connectivity index (χ1v) is 8.01. The van der Waals surface area contributed by atoms with Crippen molar-refractivity contribution in [2.75, 3.05) is 17.2 Å². The Morgan fingerprint density at radius 2 is 1.76 bits per heavy atom. The van der Waals surface area contributed by atoms with Crippen molar-refractivity contribution in [3.05, 3.63) is 66.1 Å². The van der Waals surface area contributed by atoms with E-state index in [1.54, 1.807) is 18.2 Å². The first kappa shape index (κ1) is 16.7. The van der Waals surface area contributed by atoms with Crippen molar-refractivity contribution in [3.63, 3.8) is 0 Å². The van der Waals surface area contributed by atoms with Crippen LogP contribution in [0.4, 0.5) is 27.5 Å². The Hall–Kier alpha value is -3.15. The van der Waals surface area contributed by atoms with E-state index in [1.807, 2.05) is 44.2 Å². The number of benzene rings is 2. The Kier molecular flexibility index (Phi) is 5.09. The van der Waals surface area contributed by atoms with Gasteiger partial charge in [-0.3, -0.25) is 0 Å². The first-order chi connectivity index (χ1) is 12.1. The highest BCUT2D eigenvalue weighted by molar-refractivity contribution is 5.61. The van der Waals surface area contributed by atoms with E-state index >= 15 is 0 Å². The number of nitrogens with one attached hydrogen (secondary N) is 2. The van der Waals surface area contributed by atoms with Crippen LogP contribution in [0, 0.1) is 12.7 Å². The number of ether oxygens (including phenoxy) is 1. The van der Waals surface area contributed by atoms with Gasteiger partial charge in [0, 0.05) is 17.4 Å². The maximum Gasteiger partial charge on any atom is 0.229 e. The first-order valence-electron chi connectivity index (χ1n) is 8.01. The standard InChI is InChI=1S/C19H19FN4O/c1-3-25-15-10-8-14(9-11-15)22-18-12-13(2)21-19(24-18)23-17-7-5-4-6-16(17)20/h4-12H,3H2,1-2H3,(H2,21,22,23,24). The predicted molar refractivity (Wildman–Crippen MR) is 97.3 cm³/mol. The van der Waals surface area contributed by atoms with Crippen LogP contribution >= 0.6 is 0 Å². The molecule has 0 bridgehead atoms. The monoisotopic (exact) mass is 338 g/mol. The third kappa shape index (κ3) is 4.44. The number of anilines is 4. The summed E-state index contributed by atoms with van der Waals surface area (Å²) in [6, 6.07) is 15.8. The summed E-state index contributed by atoms with van der Waals surface area (Å²) < 4.78 is 19.2. The van der Waals surface area contributed by atoms with Crippen molar-refractivity contribution in [2.45, 2.75) is 13.8 Å². The molecule has 0 radical (unpaired) electrons. The van der Waals surface area contributed by atoms with Gasteiger partial charge in [0.25, 0.3) is 0 Å². The molecule has 25 heavy (non-hydrogen) atoms. The Bertz CT molecular complexity index is 852. The third-order valence-electron chi connectivity index (χ3n) is 3.41. The lowest BCUT2D eigenvalue weighted by Gasteiger charge is -2.11. The second-order valence-electron chi connectivity index (χ2n) is 5.41.